The van der Waals surface area contributed by atoms with Crippen molar-refractivity contribution in [3.05, 3.63) is 0 Å². The second-order valence-corrected chi connectivity index (χ2v) is 3.29. The van der Waals surface area contributed by atoms with E-state index in [1.165, 1.54) is 4.90 Å². The van der Waals surface area contributed by atoms with Gasteiger partial charge in [0.05, 0.1) is 6.42 Å². The van der Waals surface area contributed by atoms with Crippen molar-refractivity contribution in [1.29, 1.82) is 0 Å². The Labute approximate surface area is 77.5 Å². The molecule has 0 saturated heterocycles. The van der Waals surface area contributed by atoms with Crippen LogP contribution in [0.4, 0.5) is 4.79 Å². The van der Waals surface area contributed by atoms with Crippen LogP contribution in [0.3, 0.4) is 0 Å². The molecule has 3 N–H and O–H groups in total. The highest BCUT2D eigenvalue weighted by Gasteiger charge is 2.22. The largest absolute Gasteiger partial charge is 0.481 e. The maximum absolute atomic E-state index is 10.9. The van der Waals surface area contributed by atoms with E-state index in [1.54, 1.807) is 20.8 Å². The zero-order chi connectivity index (χ0) is 10.6. The molecule has 0 fully saturated rings. The van der Waals surface area contributed by atoms with E-state index in [2.05, 4.69) is 0 Å². The fourth-order valence-electron chi connectivity index (χ4n) is 1.33. The van der Waals surface area contributed by atoms with Gasteiger partial charge in [0, 0.05) is 12.1 Å². The average Bonchev–Trinajstić information content (AvgIpc) is 1.81. The maximum Gasteiger partial charge on any atom is 0.315 e. The highest BCUT2D eigenvalue weighted by molar-refractivity contribution is 5.74. The summed E-state index contributed by atoms with van der Waals surface area (Å²) < 4.78 is 0. The maximum atomic E-state index is 10.9. The van der Waals surface area contributed by atoms with Crippen LogP contribution in [0.5, 0.6) is 0 Å². The first-order valence-corrected chi connectivity index (χ1v) is 4.15. The van der Waals surface area contributed by atoms with Crippen LogP contribution in [-0.4, -0.2) is 34.1 Å². The van der Waals surface area contributed by atoms with Gasteiger partial charge in [-0.2, -0.15) is 0 Å². The molecule has 2 amide bonds. The van der Waals surface area contributed by atoms with Crippen LogP contribution in [0.1, 0.15) is 27.2 Å². The molecular weight excluding hydrogens is 172 g/mol. The lowest BCUT2D eigenvalue weighted by Crippen LogP contribution is -2.47. The Bertz CT molecular complexity index is 204. The van der Waals surface area contributed by atoms with Gasteiger partial charge in [-0.3, -0.25) is 4.79 Å². The topological polar surface area (TPSA) is 83.6 Å². The minimum absolute atomic E-state index is 0.0770. The molecule has 5 nitrogen and oxygen atoms in total. The summed E-state index contributed by atoms with van der Waals surface area (Å²) in [7, 11) is 0. The number of aliphatic carboxylic acids is 1. The molecule has 0 spiro atoms. The number of primary amides is 1. The quantitative estimate of drug-likeness (QED) is 0.679. The number of urea groups is 1. The summed E-state index contributed by atoms with van der Waals surface area (Å²) in [6.45, 7) is 5.26. The Balaban J connectivity index is 4.37. The Kier molecular flexibility index (Phi) is 4.23. The molecule has 0 aliphatic rings. The van der Waals surface area contributed by atoms with Gasteiger partial charge < -0.3 is 15.7 Å². The van der Waals surface area contributed by atoms with Crippen LogP contribution in [0, 0.1) is 0 Å². The standard InChI is InChI=1S/C8H16N2O3/c1-5(2)10(8(9)13)6(3)4-7(11)12/h5-6H,4H2,1-3H3,(H2,9,13)(H,11,12). The monoisotopic (exact) mass is 188 g/mol. The van der Waals surface area contributed by atoms with Crippen molar-refractivity contribution in [2.45, 2.75) is 39.3 Å². The lowest BCUT2D eigenvalue weighted by Gasteiger charge is -2.30. The van der Waals surface area contributed by atoms with Crippen LogP contribution in [-0.2, 0) is 4.79 Å². The van der Waals surface area contributed by atoms with Gasteiger partial charge in [-0.15, -0.1) is 0 Å². The fourth-order valence-corrected chi connectivity index (χ4v) is 1.33. The summed E-state index contributed by atoms with van der Waals surface area (Å²) in [5.74, 6) is -0.931. The molecule has 0 rings (SSSR count). The van der Waals surface area contributed by atoms with Crippen molar-refractivity contribution in [3.63, 3.8) is 0 Å². The minimum Gasteiger partial charge on any atom is -0.481 e. The average molecular weight is 188 g/mol. The number of hydrogen-bond acceptors (Lipinski definition) is 2. The molecule has 1 atom stereocenters. The summed E-state index contributed by atoms with van der Waals surface area (Å²) in [4.78, 5) is 22.7. The molecule has 0 radical (unpaired) electrons. The molecule has 0 aliphatic carbocycles. The van der Waals surface area contributed by atoms with Gasteiger partial charge in [0.25, 0.3) is 0 Å². The van der Waals surface area contributed by atoms with Gasteiger partial charge in [0.2, 0.25) is 0 Å². The van der Waals surface area contributed by atoms with Crippen molar-refractivity contribution < 1.29 is 14.7 Å². The molecular formula is C8H16N2O3. The van der Waals surface area contributed by atoms with Crippen molar-refractivity contribution in [2.75, 3.05) is 0 Å². The molecule has 76 valence electrons. The number of carbonyl (C=O) groups excluding carboxylic acids is 1. The summed E-state index contributed by atoms with van der Waals surface area (Å²) in [5, 5.41) is 8.52. The van der Waals surface area contributed by atoms with Crippen molar-refractivity contribution in [3.8, 4) is 0 Å². The van der Waals surface area contributed by atoms with Crippen LogP contribution < -0.4 is 5.73 Å². The van der Waals surface area contributed by atoms with Gasteiger partial charge in [0.15, 0.2) is 0 Å². The third kappa shape index (κ3) is 3.78. The fraction of sp³-hybridized carbons (Fsp3) is 0.750. The van der Waals surface area contributed by atoms with Gasteiger partial charge >= 0.3 is 12.0 Å². The Hall–Kier alpha value is -1.26. The van der Waals surface area contributed by atoms with E-state index in [-0.39, 0.29) is 18.5 Å². The summed E-state index contributed by atoms with van der Waals surface area (Å²) >= 11 is 0. The third-order valence-electron chi connectivity index (χ3n) is 1.76. The van der Waals surface area contributed by atoms with Gasteiger partial charge in [-0.1, -0.05) is 0 Å². The van der Waals surface area contributed by atoms with E-state index < -0.39 is 12.0 Å². The van der Waals surface area contributed by atoms with Crippen LogP contribution in [0.15, 0.2) is 0 Å². The van der Waals surface area contributed by atoms with Gasteiger partial charge in [-0.25, -0.2) is 4.79 Å². The van der Waals surface area contributed by atoms with Gasteiger partial charge in [-0.05, 0) is 20.8 Å². The van der Waals surface area contributed by atoms with E-state index >= 15 is 0 Å². The first-order valence-electron chi connectivity index (χ1n) is 4.15. The number of amides is 2. The summed E-state index contributed by atoms with van der Waals surface area (Å²) in [6.07, 6.45) is -0.0822. The van der Waals surface area contributed by atoms with Crippen LogP contribution in [0.25, 0.3) is 0 Å². The lowest BCUT2D eigenvalue weighted by molar-refractivity contribution is -0.138. The molecule has 0 bridgehead atoms. The van der Waals surface area contributed by atoms with E-state index in [0.29, 0.717) is 0 Å². The number of nitrogens with zero attached hydrogens (tertiary/aromatic N) is 1. The Morgan fingerprint density at radius 3 is 2.08 bits per heavy atom. The van der Waals surface area contributed by atoms with Crippen LogP contribution >= 0.6 is 0 Å². The van der Waals surface area contributed by atoms with Gasteiger partial charge in [0.1, 0.15) is 0 Å². The Morgan fingerprint density at radius 2 is 1.85 bits per heavy atom. The highest BCUT2D eigenvalue weighted by Crippen LogP contribution is 2.08. The molecule has 0 saturated carbocycles. The van der Waals surface area contributed by atoms with Crippen molar-refractivity contribution >= 4 is 12.0 Å². The molecule has 0 aromatic heterocycles. The predicted molar refractivity (Wildman–Crippen MR) is 48.3 cm³/mol. The molecule has 0 aliphatic heterocycles. The normalized spacial score (nSPS) is 12.6. The number of carbonyl (C=O) groups is 2. The summed E-state index contributed by atoms with van der Waals surface area (Å²) in [5.41, 5.74) is 5.11. The minimum atomic E-state index is -0.931. The molecule has 0 aromatic rings. The number of carboxylic acid groups (broad SMARTS) is 1. The zero-order valence-electron chi connectivity index (χ0n) is 8.15. The highest BCUT2D eigenvalue weighted by atomic mass is 16.4. The first-order chi connectivity index (χ1) is 5.86. The predicted octanol–water partition coefficient (Wildman–Crippen LogP) is 0.639. The third-order valence-corrected chi connectivity index (χ3v) is 1.76. The first kappa shape index (κ1) is 11.7. The number of nitrogens with two attached hydrogens (primary N) is 1. The Morgan fingerprint density at radius 1 is 1.38 bits per heavy atom. The van der Waals surface area contributed by atoms with E-state index in [9.17, 15) is 9.59 Å². The lowest BCUT2D eigenvalue weighted by atomic mass is 10.2. The number of rotatable bonds is 4. The number of carboxylic acids is 1. The SMILES string of the molecule is CC(C)N(C(N)=O)C(C)CC(=O)O. The smallest absolute Gasteiger partial charge is 0.315 e. The molecule has 1 unspecified atom stereocenters. The second-order valence-electron chi connectivity index (χ2n) is 3.29. The molecule has 5 heteroatoms. The number of hydrogen-bond donors (Lipinski definition) is 2. The molecule has 0 heterocycles. The van der Waals surface area contributed by atoms with Crippen molar-refractivity contribution in [1.82, 2.24) is 4.90 Å². The second kappa shape index (κ2) is 4.69. The molecule has 13 heavy (non-hydrogen) atoms. The van der Waals surface area contributed by atoms with E-state index in [0.717, 1.165) is 0 Å². The van der Waals surface area contributed by atoms with Crippen LogP contribution in [0.2, 0.25) is 0 Å². The van der Waals surface area contributed by atoms with E-state index in [1.807, 2.05) is 0 Å². The zero-order valence-corrected chi connectivity index (χ0v) is 8.15. The molecule has 0 aromatic carbocycles. The van der Waals surface area contributed by atoms with Crippen molar-refractivity contribution in [2.24, 2.45) is 5.73 Å². The van der Waals surface area contributed by atoms with E-state index in [4.69, 9.17) is 10.8 Å². The summed E-state index contributed by atoms with van der Waals surface area (Å²) in [6, 6.07) is -1.02.